The van der Waals surface area contributed by atoms with Crippen LogP contribution in [0.3, 0.4) is 0 Å². The highest BCUT2D eigenvalue weighted by molar-refractivity contribution is 5.76. The minimum absolute atomic E-state index is 0.117. The number of oxazole rings is 1. The van der Waals surface area contributed by atoms with Gasteiger partial charge in [0.2, 0.25) is 5.91 Å². The van der Waals surface area contributed by atoms with Gasteiger partial charge in [-0.15, -0.1) is 0 Å². The van der Waals surface area contributed by atoms with Crippen LogP contribution in [0.2, 0.25) is 0 Å². The number of nitrogens with one attached hydrogen (secondary N) is 1. The number of carbonyl (C=O) groups excluding carboxylic acids is 1. The lowest BCUT2D eigenvalue weighted by Crippen LogP contribution is -2.26. The number of hydrogen-bond donors (Lipinski definition) is 1. The summed E-state index contributed by atoms with van der Waals surface area (Å²) in [7, 11) is 0. The fourth-order valence-corrected chi connectivity index (χ4v) is 2.03. The van der Waals surface area contributed by atoms with Gasteiger partial charge in [-0.2, -0.15) is 0 Å². The largest absolute Gasteiger partial charge is 0.441 e. The molecule has 1 aromatic heterocycles. The molecule has 0 aliphatic heterocycles. The lowest BCUT2D eigenvalue weighted by molar-refractivity contribution is -0.121. The molecule has 0 bridgehead atoms. The van der Waals surface area contributed by atoms with Crippen LogP contribution in [0.5, 0.6) is 0 Å². The zero-order chi connectivity index (χ0) is 13.8. The number of rotatable bonds is 5. The molecule has 0 fully saturated rings. The number of benzene rings is 1. The van der Waals surface area contributed by atoms with E-state index in [1.54, 1.807) is 0 Å². The van der Waals surface area contributed by atoms with E-state index in [4.69, 9.17) is 4.42 Å². The Morgan fingerprint density at radius 2 is 2.21 bits per heavy atom. The zero-order valence-corrected chi connectivity index (χ0v) is 11.7. The van der Waals surface area contributed by atoms with Crippen molar-refractivity contribution in [1.29, 1.82) is 0 Å². The van der Waals surface area contributed by atoms with Gasteiger partial charge < -0.3 is 9.73 Å². The molecule has 102 valence electrons. The molecule has 4 nitrogen and oxygen atoms in total. The molecule has 1 aromatic carbocycles. The van der Waals surface area contributed by atoms with Gasteiger partial charge in [0.25, 0.3) is 0 Å². The van der Waals surface area contributed by atoms with Gasteiger partial charge in [0.1, 0.15) is 5.52 Å². The summed E-state index contributed by atoms with van der Waals surface area (Å²) in [5.41, 5.74) is 2.84. The summed E-state index contributed by atoms with van der Waals surface area (Å²) in [6.45, 7) is 6.58. The van der Waals surface area contributed by atoms with Crippen molar-refractivity contribution < 1.29 is 9.21 Å². The number of fused-ring (bicyclic) bond motifs is 1. The van der Waals surface area contributed by atoms with Gasteiger partial charge >= 0.3 is 0 Å². The van der Waals surface area contributed by atoms with Gasteiger partial charge in [0.05, 0.1) is 0 Å². The topological polar surface area (TPSA) is 55.1 Å². The summed E-state index contributed by atoms with van der Waals surface area (Å²) in [6.07, 6.45) is 1.39. The first-order valence-corrected chi connectivity index (χ1v) is 6.67. The van der Waals surface area contributed by atoms with Gasteiger partial charge in [-0.3, -0.25) is 4.79 Å². The van der Waals surface area contributed by atoms with Gasteiger partial charge in [0, 0.05) is 19.9 Å². The zero-order valence-electron chi connectivity index (χ0n) is 11.7. The molecule has 0 atom stereocenters. The van der Waals surface area contributed by atoms with Crippen LogP contribution in [-0.2, 0) is 11.2 Å². The third-order valence-corrected chi connectivity index (χ3v) is 2.89. The van der Waals surface area contributed by atoms with Crippen molar-refractivity contribution in [2.24, 2.45) is 5.92 Å². The fourth-order valence-electron chi connectivity index (χ4n) is 2.03. The molecule has 0 saturated heterocycles. The van der Waals surface area contributed by atoms with E-state index in [1.165, 1.54) is 0 Å². The van der Waals surface area contributed by atoms with E-state index in [0.717, 1.165) is 23.1 Å². The second kappa shape index (κ2) is 5.87. The predicted molar refractivity (Wildman–Crippen MR) is 74.9 cm³/mol. The molecule has 1 N–H and O–H groups in total. The van der Waals surface area contributed by atoms with Crippen LogP contribution in [0.1, 0.15) is 31.7 Å². The molecule has 2 rings (SSSR count). The van der Waals surface area contributed by atoms with E-state index in [9.17, 15) is 4.79 Å². The molecular weight excluding hydrogens is 240 g/mol. The second-order valence-corrected chi connectivity index (χ2v) is 5.23. The maximum absolute atomic E-state index is 11.5. The van der Waals surface area contributed by atoms with Crippen molar-refractivity contribution in [2.45, 2.75) is 33.6 Å². The highest BCUT2D eigenvalue weighted by Crippen LogP contribution is 2.16. The number of hydrogen-bond acceptors (Lipinski definition) is 3. The molecule has 0 saturated carbocycles. The standard InChI is InChI=1S/C15H20N2O2/c1-10(2)8-15(18)16-7-6-12-4-5-13-14(9-12)19-11(3)17-13/h4-5,9-10H,6-8H2,1-3H3,(H,16,18). The normalized spacial score (nSPS) is 11.2. The Kier molecular flexibility index (Phi) is 4.20. The molecule has 19 heavy (non-hydrogen) atoms. The van der Waals surface area contributed by atoms with E-state index in [2.05, 4.69) is 10.3 Å². The Morgan fingerprint density at radius 1 is 1.42 bits per heavy atom. The molecule has 4 heteroatoms. The molecule has 1 heterocycles. The summed E-state index contributed by atoms with van der Waals surface area (Å²) >= 11 is 0. The quantitative estimate of drug-likeness (QED) is 0.899. The minimum atomic E-state index is 0.117. The smallest absolute Gasteiger partial charge is 0.220 e. The van der Waals surface area contributed by atoms with Crippen LogP contribution < -0.4 is 5.32 Å². The Labute approximate surface area is 113 Å². The Balaban J connectivity index is 1.89. The number of amides is 1. The van der Waals surface area contributed by atoms with Gasteiger partial charge in [-0.1, -0.05) is 19.9 Å². The number of nitrogens with zero attached hydrogens (tertiary/aromatic N) is 1. The Bertz CT molecular complexity index is 573. The van der Waals surface area contributed by atoms with E-state index >= 15 is 0 Å². The predicted octanol–water partition coefficient (Wildman–Crippen LogP) is 2.84. The third kappa shape index (κ3) is 3.81. The molecule has 0 radical (unpaired) electrons. The summed E-state index contributed by atoms with van der Waals surface area (Å²) < 4.78 is 5.49. The van der Waals surface area contributed by atoms with Crippen LogP contribution >= 0.6 is 0 Å². The molecule has 1 amide bonds. The third-order valence-electron chi connectivity index (χ3n) is 2.89. The van der Waals surface area contributed by atoms with Crippen molar-refractivity contribution in [1.82, 2.24) is 10.3 Å². The van der Waals surface area contributed by atoms with Crippen LogP contribution in [0, 0.1) is 12.8 Å². The van der Waals surface area contributed by atoms with E-state index in [-0.39, 0.29) is 5.91 Å². The first-order valence-electron chi connectivity index (χ1n) is 6.67. The van der Waals surface area contributed by atoms with Gasteiger partial charge in [-0.25, -0.2) is 4.98 Å². The monoisotopic (exact) mass is 260 g/mol. The maximum atomic E-state index is 11.5. The van der Waals surface area contributed by atoms with Gasteiger partial charge in [-0.05, 0) is 30.0 Å². The number of carbonyl (C=O) groups is 1. The molecular formula is C15H20N2O2. The van der Waals surface area contributed by atoms with Crippen LogP contribution in [0.25, 0.3) is 11.1 Å². The highest BCUT2D eigenvalue weighted by Gasteiger charge is 2.05. The SMILES string of the molecule is Cc1nc2ccc(CCNC(=O)CC(C)C)cc2o1. The Hall–Kier alpha value is -1.84. The number of aryl methyl sites for hydroxylation is 1. The fraction of sp³-hybridized carbons (Fsp3) is 0.467. The van der Waals surface area contributed by atoms with Crippen molar-refractivity contribution >= 4 is 17.0 Å². The summed E-state index contributed by atoms with van der Waals surface area (Å²) in [6, 6.07) is 5.97. The summed E-state index contributed by atoms with van der Waals surface area (Å²) in [5, 5.41) is 2.93. The number of aromatic nitrogens is 1. The lowest BCUT2D eigenvalue weighted by Gasteiger charge is -2.07. The highest BCUT2D eigenvalue weighted by atomic mass is 16.3. The average Bonchev–Trinajstić information content (AvgIpc) is 2.67. The van der Waals surface area contributed by atoms with Crippen molar-refractivity contribution in [3.63, 3.8) is 0 Å². The molecule has 2 aromatic rings. The second-order valence-electron chi connectivity index (χ2n) is 5.23. The van der Waals surface area contributed by atoms with E-state index in [1.807, 2.05) is 39.0 Å². The molecule has 0 unspecified atom stereocenters. The van der Waals surface area contributed by atoms with Crippen molar-refractivity contribution in [3.8, 4) is 0 Å². The molecule has 0 aliphatic carbocycles. The van der Waals surface area contributed by atoms with Crippen molar-refractivity contribution in [2.75, 3.05) is 6.54 Å². The lowest BCUT2D eigenvalue weighted by atomic mass is 10.1. The molecule has 0 spiro atoms. The van der Waals surface area contributed by atoms with Crippen molar-refractivity contribution in [3.05, 3.63) is 29.7 Å². The average molecular weight is 260 g/mol. The minimum Gasteiger partial charge on any atom is -0.441 e. The Morgan fingerprint density at radius 3 is 2.95 bits per heavy atom. The van der Waals surface area contributed by atoms with E-state index < -0.39 is 0 Å². The first-order chi connectivity index (χ1) is 9.04. The first kappa shape index (κ1) is 13.6. The summed E-state index contributed by atoms with van der Waals surface area (Å²) in [5.74, 6) is 1.19. The molecule has 0 aliphatic rings. The maximum Gasteiger partial charge on any atom is 0.220 e. The van der Waals surface area contributed by atoms with Crippen LogP contribution in [-0.4, -0.2) is 17.4 Å². The summed E-state index contributed by atoms with van der Waals surface area (Å²) in [4.78, 5) is 15.8. The van der Waals surface area contributed by atoms with Gasteiger partial charge in [0.15, 0.2) is 11.5 Å². The van der Waals surface area contributed by atoms with Crippen LogP contribution in [0.4, 0.5) is 0 Å². The van der Waals surface area contributed by atoms with Crippen LogP contribution in [0.15, 0.2) is 22.6 Å². The van der Waals surface area contributed by atoms with E-state index in [0.29, 0.717) is 24.8 Å².